The largest absolute Gasteiger partial charge is 0.493 e. The number of nitrogens with zero attached hydrogens (tertiary/aromatic N) is 4. The van der Waals surface area contributed by atoms with Gasteiger partial charge in [0.1, 0.15) is 11.4 Å². The van der Waals surface area contributed by atoms with E-state index in [1.807, 2.05) is 19.9 Å². The lowest BCUT2D eigenvalue weighted by atomic mass is 9.98. The summed E-state index contributed by atoms with van der Waals surface area (Å²) in [5, 5.41) is 15.3. The number of tetrazole rings is 1. The highest BCUT2D eigenvalue weighted by Crippen LogP contribution is 2.37. The third-order valence-electron chi connectivity index (χ3n) is 4.68. The number of carbonyl (C=O) groups is 1. The lowest BCUT2D eigenvalue weighted by Gasteiger charge is -2.14. The summed E-state index contributed by atoms with van der Waals surface area (Å²) in [7, 11) is 3.09. The Bertz CT molecular complexity index is 1240. The number of hydrogen-bond acceptors (Lipinski definition) is 8. The van der Waals surface area contributed by atoms with E-state index in [1.165, 1.54) is 7.11 Å². The minimum atomic E-state index is -0.242. The van der Waals surface area contributed by atoms with Crippen LogP contribution in [0, 0.1) is 0 Å². The Morgan fingerprint density at radius 3 is 2.42 bits per heavy atom. The number of methoxy groups -OCH3 is 2. The van der Waals surface area contributed by atoms with Gasteiger partial charge in [0, 0.05) is 28.1 Å². The number of nitrogens with one attached hydrogen (secondary N) is 1. The molecule has 4 aromatic rings. The Morgan fingerprint density at radius 1 is 1.03 bits per heavy atom. The van der Waals surface area contributed by atoms with Gasteiger partial charge in [0.25, 0.3) is 0 Å². The molecule has 0 saturated carbocycles. The van der Waals surface area contributed by atoms with Gasteiger partial charge < -0.3 is 14.2 Å². The maximum atomic E-state index is 13.4. The number of rotatable bonds is 7. The van der Waals surface area contributed by atoms with Gasteiger partial charge in [-0.3, -0.25) is 9.78 Å². The summed E-state index contributed by atoms with van der Waals surface area (Å²) in [5.74, 6) is 1.80. The van der Waals surface area contributed by atoms with Crippen LogP contribution >= 0.6 is 0 Å². The fourth-order valence-corrected chi connectivity index (χ4v) is 3.33. The van der Waals surface area contributed by atoms with Crippen LogP contribution < -0.4 is 14.2 Å². The smallest absolute Gasteiger partial charge is 0.212 e. The summed E-state index contributed by atoms with van der Waals surface area (Å²) in [6.07, 6.45) is 1.56. The van der Waals surface area contributed by atoms with Crippen LogP contribution in [-0.2, 0) is 0 Å². The molecule has 2 heterocycles. The second kappa shape index (κ2) is 8.39. The van der Waals surface area contributed by atoms with Gasteiger partial charge in [-0.25, -0.2) is 5.10 Å². The van der Waals surface area contributed by atoms with Crippen LogP contribution in [0.25, 0.3) is 22.2 Å². The van der Waals surface area contributed by atoms with Crippen molar-refractivity contribution in [1.82, 2.24) is 25.6 Å². The van der Waals surface area contributed by atoms with Crippen LogP contribution in [0.3, 0.4) is 0 Å². The average molecular weight is 419 g/mol. The fraction of sp³-hybridized carbons (Fsp3) is 0.227. The van der Waals surface area contributed by atoms with Crippen LogP contribution in [-0.4, -0.2) is 51.7 Å². The lowest BCUT2D eigenvalue weighted by Crippen LogP contribution is -2.09. The minimum absolute atomic E-state index is 0.00386. The topological polar surface area (TPSA) is 112 Å². The first-order chi connectivity index (χ1) is 15.0. The van der Waals surface area contributed by atoms with Gasteiger partial charge in [0.2, 0.25) is 5.78 Å². The van der Waals surface area contributed by atoms with E-state index in [-0.39, 0.29) is 17.6 Å². The van der Waals surface area contributed by atoms with Gasteiger partial charge in [-0.05, 0) is 48.5 Å². The zero-order valence-corrected chi connectivity index (χ0v) is 17.5. The molecule has 0 aliphatic carbocycles. The van der Waals surface area contributed by atoms with E-state index < -0.39 is 0 Å². The molecule has 9 heteroatoms. The quantitative estimate of drug-likeness (QED) is 0.453. The van der Waals surface area contributed by atoms with Gasteiger partial charge in [-0.15, -0.1) is 5.10 Å². The molecule has 4 rings (SSSR count). The minimum Gasteiger partial charge on any atom is -0.493 e. The van der Waals surface area contributed by atoms with E-state index in [9.17, 15) is 4.79 Å². The molecule has 158 valence electrons. The van der Waals surface area contributed by atoms with Crippen molar-refractivity contribution in [2.45, 2.75) is 20.0 Å². The summed E-state index contributed by atoms with van der Waals surface area (Å²) in [6.45, 7) is 3.86. The normalized spacial score (nSPS) is 11.0. The first-order valence-corrected chi connectivity index (χ1v) is 9.62. The third kappa shape index (κ3) is 3.89. The molecule has 0 radical (unpaired) electrons. The molecular weight excluding hydrogens is 398 g/mol. The molecule has 0 atom stereocenters. The van der Waals surface area contributed by atoms with E-state index in [1.54, 1.807) is 43.6 Å². The van der Waals surface area contributed by atoms with Crippen molar-refractivity contribution in [2.24, 2.45) is 0 Å². The lowest BCUT2D eigenvalue weighted by molar-refractivity contribution is 0.103. The molecule has 0 spiro atoms. The van der Waals surface area contributed by atoms with E-state index >= 15 is 0 Å². The number of carbonyl (C=O) groups excluding carboxylic acids is 1. The molecule has 0 fully saturated rings. The van der Waals surface area contributed by atoms with E-state index in [0.29, 0.717) is 45.0 Å². The number of aromatic amines is 1. The molecule has 0 unspecified atom stereocenters. The Balaban J connectivity index is 1.90. The molecule has 2 aromatic carbocycles. The number of hydrogen-bond donors (Lipinski definition) is 1. The van der Waals surface area contributed by atoms with Crippen LogP contribution in [0.5, 0.6) is 17.2 Å². The van der Waals surface area contributed by atoms with Crippen LogP contribution in [0.15, 0.2) is 42.6 Å². The Hall–Kier alpha value is -4.01. The number of H-pyrrole nitrogens is 1. The molecule has 0 aliphatic heterocycles. The van der Waals surface area contributed by atoms with E-state index in [4.69, 9.17) is 14.2 Å². The van der Waals surface area contributed by atoms with Gasteiger partial charge >= 0.3 is 0 Å². The van der Waals surface area contributed by atoms with E-state index in [0.717, 1.165) is 0 Å². The molecule has 1 N–H and O–H groups in total. The summed E-state index contributed by atoms with van der Waals surface area (Å²) in [5.41, 5.74) is 1.37. The van der Waals surface area contributed by atoms with Gasteiger partial charge in [0.05, 0.1) is 20.3 Å². The molecular formula is C22H21N5O4. The maximum absolute atomic E-state index is 13.4. The fourth-order valence-electron chi connectivity index (χ4n) is 3.33. The van der Waals surface area contributed by atoms with Crippen molar-refractivity contribution < 1.29 is 19.0 Å². The zero-order valence-electron chi connectivity index (χ0n) is 17.5. The van der Waals surface area contributed by atoms with Gasteiger partial charge in [-0.2, -0.15) is 0 Å². The second-order valence-electron chi connectivity index (χ2n) is 7.05. The Labute approximate surface area is 178 Å². The second-order valence-corrected chi connectivity index (χ2v) is 7.05. The summed E-state index contributed by atoms with van der Waals surface area (Å²) in [4.78, 5) is 17.9. The van der Waals surface area contributed by atoms with Gasteiger partial charge in [-0.1, -0.05) is 12.1 Å². The molecule has 0 aliphatic rings. The number of benzene rings is 2. The summed E-state index contributed by atoms with van der Waals surface area (Å²) >= 11 is 0. The number of ketones is 1. The highest BCUT2D eigenvalue weighted by molar-refractivity contribution is 6.17. The SMILES string of the molecule is COc1cc2c(-c3nnn[nH]3)cnc(C(=O)c3cccc(OC(C)C)c3)c2cc1OC. The number of fused-ring (bicyclic) bond motifs is 1. The number of ether oxygens (including phenoxy) is 3. The van der Waals surface area contributed by atoms with Crippen molar-refractivity contribution in [2.75, 3.05) is 14.2 Å². The predicted molar refractivity (Wildman–Crippen MR) is 114 cm³/mol. The van der Waals surface area contributed by atoms with Crippen LogP contribution in [0.4, 0.5) is 0 Å². The first kappa shape index (κ1) is 20.3. The van der Waals surface area contributed by atoms with Crippen molar-refractivity contribution >= 4 is 16.6 Å². The average Bonchev–Trinajstić information content (AvgIpc) is 3.31. The molecule has 31 heavy (non-hydrogen) atoms. The summed E-state index contributed by atoms with van der Waals surface area (Å²) < 4.78 is 16.6. The number of pyridine rings is 1. The monoisotopic (exact) mass is 419 g/mol. The standard InChI is InChI=1S/C22H21N5O4/c1-12(2)31-14-7-5-6-13(8-14)21(28)20-16-10-19(30-4)18(29-3)9-15(16)17(11-23-20)22-24-26-27-25-22/h5-12H,1-4H3,(H,24,25,26,27). The van der Waals surface area contributed by atoms with Crippen molar-refractivity contribution in [1.29, 1.82) is 0 Å². The van der Waals surface area contributed by atoms with Crippen LogP contribution in [0.2, 0.25) is 0 Å². The molecule has 2 aromatic heterocycles. The molecule has 0 saturated heterocycles. The highest BCUT2D eigenvalue weighted by Gasteiger charge is 2.21. The van der Waals surface area contributed by atoms with Crippen molar-refractivity contribution in [3.8, 4) is 28.6 Å². The molecule has 9 nitrogen and oxygen atoms in total. The first-order valence-electron chi connectivity index (χ1n) is 9.62. The predicted octanol–water partition coefficient (Wildman–Crippen LogP) is 3.45. The highest BCUT2D eigenvalue weighted by atomic mass is 16.5. The number of aromatic nitrogens is 5. The van der Waals surface area contributed by atoms with Gasteiger partial charge in [0.15, 0.2) is 17.3 Å². The Morgan fingerprint density at radius 2 is 1.77 bits per heavy atom. The molecule has 0 amide bonds. The Kier molecular flexibility index (Phi) is 5.48. The zero-order chi connectivity index (χ0) is 22.0. The van der Waals surface area contributed by atoms with Crippen molar-refractivity contribution in [3.05, 3.63) is 53.9 Å². The van der Waals surface area contributed by atoms with Crippen LogP contribution in [0.1, 0.15) is 29.9 Å². The van der Waals surface area contributed by atoms with E-state index in [2.05, 4.69) is 25.6 Å². The molecule has 0 bridgehead atoms. The van der Waals surface area contributed by atoms with Crippen molar-refractivity contribution in [3.63, 3.8) is 0 Å². The maximum Gasteiger partial charge on any atom is 0.212 e. The third-order valence-corrected chi connectivity index (χ3v) is 4.68. The summed E-state index contributed by atoms with van der Waals surface area (Å²) in [6, 6.07) is 10.6.